The molecule has 1 aromatic carbocycles. The Morgan fingerprint density at radius 1 is 1.11 bits per heavy atom. The average Bonchev–Trinajstić information content (AvgIpc) is 2.67. The molecule has 0 saturated heterocycles. The first-order valence-electron chi connectivity index (χ1n) is 6.89. The van der Waals surface area contributed by atoms with Crippen LogP contribution in [0.4, 0.5) is 0 Å². The van der Waals surface area contributed by atoms with Gasteiger partial charge in [-0.25, -0.2) is 0 Å². The molecule has 0 aromatic heterocycles. The lowest BCUT2D eigenvalue weighted by Gasteiger charge is -2.18. The lowest BCUT2D eigenvalue weighted by Crippen LogP contribution is -2.16. The van der Waals surface area contributed by atoms with E-state index in [0.717, 1.165) is 18.6 Å². The van der Waals surface area contributed by atoms with Gasteiger partial charge >= 0.3 is 0 Å². The van der Waals surface area contributed by atoms with E-state index < -0.39 is 0 Å². The molecule has 0 spiro atoms. The molecular formula is C15H22N2O2. The Morgan fingerprint density at radius 2 is 1.74 bits per heavy atom. The fourth-order valence-electron chi connectivity index (χ4n) is 2.47. The van der Waals surface area contributed by atoms with Gasteiger partial charge in [-0.2, -0.15) is 0 Å². The van der Waals surface area contributed by atoms with E-state index in [-0.39, 0.29) is 11.9 Å². The van der Waals surface area contributed by atoms with Gasteiger partial charge in [0.05, 0.1) is 13.2 Å². The molecule has 0 heterocycles. The van der Waals surface area contributed by atoms with E-state index in [2.05, 4.69) is 0 Å². The molecule has 1 fully saturated rings. The number of ether oxygens (including phenoxy) is 2. The molecule has 1 saturated carbocycles. The summed E-state index contributed by atoms with van der Waals surface area (Å²) >= 11 is 0. The van der Waals surface area contributed by atoms with E-state index in [1.165, 1.54) is 25.7 Å². The van der Waals surface area contributed by atoms with Crippen molar-refractivity contribution in [2.24, 2.45) is 5.73 Å². The predicted molar refractivity (Wildman–Crippen MR) is 76.1 cm³/mol. The molecule has 2 rings (SSSR count). The zero-order valence-electron chi connectivity index (χ0n) is 11.4. The van der Waals surface area contributed by atoms with E-state index >= 15 is 0 Å². The highest BCUT2D eigenvalue weighted by Gasteiger charge is 2.15. The summed E-state index contributed by atoms with van der Waals surface area (Å²) in [6.45, 7) is 0. The zero-order valence-corrected chi connectivity index (χ0v) is 11.4. The quantitative estimate of drug-likeness (QED) is 0.498. The number of hydrogen-bond acceptors (Lipinski definition) is 3. The molecule has 4 nitrogen and oxygen atoms in total. The molecular weight excluding hydrogens is 240 g/mol. The first-order valence-corrected chi connectivity index (χ1v) is 6.89. The average molecular weight is 262 g/mol. The van der Waals surface area contributed by atoms with Crippen LogP contribution in [0.15, 0.2) is 18.2 Å². The summed E-state index contributed by atoms with van der Waals surface area (Å²) in [5, 5.41) is 7.52. The molecule has 0 amide bonds. The molecule has 0 atom stereocenters. The van der Waals surface area contributed by atoms with Crippen molar-refractivity contribution in [3.63, 3.8) is 0 Å². The van der Waals surface area contributed by atoms with Gasteiger partial charge in [0, 0.05) is 11.6 Å². The van der Waals surface area contributed by atoms with E-state index in [0.29, 0.717) is 11.3 Å². The van der Waals surface area contributed by atoms with Gasteiger partial charge in [0.2, 0.25) is 0 Å². The molecule has 0 radical (unpaired) electrons. The van der Waals surface area contributed by atoms with Crippen molar-refractivity contribution in [2.75, 3.05) is 7.11 Å². The first kappa shape index (κ1) is 13.7. The maximum absolute atomic E-state index is 7.52. The Morgan fingerprint density at radius 3 is 2.32 bits per heavy atom. The summed E-state index contributed by atoms with van der Waals surface area (Å²) < 4.78 is 11.3. The third-order valence-corrected chi connectivity index (χ3v) is 3.53. The van der Waals surface area contributed by atoms with Gasteiger partial charge in [-0.05, 0) is 37.8 Å². The van der Waals surface area contributed by atoms with Crippen LogP contribution in [0.2, 0.25) is 0 Å². The van der Waals surface area contributed by atoms with Gasteiger partial charge in [0.25, 0.3) is 0 Å². The van der Waals surface area contributed by atoms with Crippen LogP contribution in [-0.2, 0) is 0 Å². The summed E-state index contributed by atoms with van der Waals surface area (Å²) in [6, 6.07) is 5.43. The van der Waals surface area contributed by atoms with Crippen molar-refractivity contribution in [3.05, 3.63) is 23.8 Å². The fourth-order valence-corrected chi connectivity index (χ4v) is 2.47. The first-order chi connectivity index (χ1) is 9.19. The van der Waals surface area contributed by atoms with Crippen LogP contribution < -0.4 is 15.2 Å². The molecule has 0 aliphatic heterocycles. The van der Waals surface area contributed by atoms with Crippen LogP contribution >= 0.6 is 0 Å². The normalized spacial score (nSPS) is 16.7. The Kier molecular flexibility index (Phi) is 4.66. The van der Waals surface area contributed by atoms with Gasteiger partial charge < -0.3 is 15.2 Å². The standard InChI is InChI=1S/C15H22N2O2/c1-18-13-8-11(15(16)17)9-14(10-13)19-12-6-4-2-3-5-7-12/h8-10,12H,2-7H2,1H3,(H3,16,17). The fraction of sp³-hybridized carbons (Fsp3) is 0.533. The second kappa shape index (κ2) is 6.45. The number of methoxy groups -OCH3 is 1. The second-order valence-corrected chi connectivity index (χ2v) is 5.04. The number of hydrogen-bond donors (Lipinski definition) is 2. The second-order valence-electron chi connectivity index (χ2n) is 5.04. The molecule has 1 aliphatic carbocycles. The van der Waals surface area contributed by atoms with Gasteiger partial charge in [0.15, 0.2) is 0 Å². The number of rotatable bonds is 4. The zero-order chi connectivity index (χ0) is 13.7. The Labute approximate surface area is 114 Å². The van der Waals surface area contributed by atoms with Crippen LogP contribution in [0, 0.1) is 5.41 Å². The molecule has 1 aromatic rings. The molecule has 4 heteroatoms. The molecule has 104 valence electrons. The van der Waals surface area contributed by atoms with Crippen molar-refractivity contribution < 1.29 is 9.47 Å². The van der Waals surface area contributed by atoms with E-state index in [9.17, 15) is 0 Å². The molecule has 3 N–H and O–H groups in total. The summed E-state index contributed by atoms with van der Waals surface area (Å²) in [5.41, 5.74) is 6.18. The van der Waals surface area contributed by atoms with Crippen LogP contribution in [0.5, 0.6) is 11.5 Å². The topological polar surface area (TPSA) is 68.3 Å². The third-order valence-electron chi connectivity index (χ3n) is 3.53. The molecule has 0 unspecified atom stereocenters. The molecule has 0 bridgehead atoms. The Bertz CT molecular complexity index is 438. The highest BCUT2D eigenvalue weighted by Crippen LogP contribution is 2.27. The van der Waals surface area contributed by atoms with Crippen molar-refractivity contribution in [1.29, 1.82) is 5.41 Å². The molecule has 19 heavy (non-hydrogen) atoms. The van der Waals surface area contributed by atoms with Crippen molar-refractivity contribution in [3.8, 4) is 11.5 Å². The van der Waals surface area contributed by atoms with E-state index in [4.69, 9.17) is 20.6 Å². The lowest BCUT2D eigenvalue weighted by atomic mass is 10.1. The third kappa shape index (κ3) is 3.88. The monoisotopic (exact) mass is 262 g/mol. The van der Waals surface area contributed by atoms with Gasteiger partial charge in [0.1, 0.15) is 17.3 Å². The maximum atomic E-state index is 7.52. The Balaban J connectivity index is 2.13. The number of nitrogen functional groups attached to an aromatic ring is 1. The van der Waals surface area contributed by atoms with E-state index in [1.54, 1.807) is 13.2 Å². The maximum Gasteiger partial charge on any atom is 0.124 e. The minimum Gasteiger partial charge on any atom is -0.497 e. The minimum atomic E-state index is 0.0321. The van der Waals surface area contributed by atoms with Gasteiger partial charge in [-0.1, -0.05) is 12.8 Å². The van der Waals surface area contributed by atoms with E-state index in [1.807, 2.05) is 12.1 Å². The van der Waals surface area contributed by atoms with Crippen LogP contribution in [0.25, 0.3) is 0 Å². The number of nitrogens with two attached hydrogens (primary N) is 1. The smallest absolute Gasteiger partial charge is 0.124 e. The van der Waals surface area contributed by atoms with Crippen LogP contribution in [-0.4, -0.2) is 19.0 Å². The van der Waals surface area contributed by atoms with Crippen molar-refractivity contribution in [2.45, 2.75) is 44.6 Å². The van der Waals surface area contributed by atoms with Crippen molar-refractivity contribution >= 4 is 5.84 Å². The number of nitrogens with one attached hydrogen (secondary N) is 1. The Hall–Kier alpha value is -1.71. The van der Waals surface area contributed by atoms with Gasteiger partial charge in [-0.3, -0.25) is 5.41 Å². The highest BCUT2D eigenvalue weighted by molar-refractivity contribution is 5.95. The lowest BCUT2D eigenvalue weighted by molar-refractivity contribution is 0.183. The minimum absolute atomic E-state index is 0.0321. The summed E-state index contributed by atoms with van der Waals surface area (Å²) in [7, 11) is 1.61. The van der Waals surface area contributed by atoms with Crippen LogP contribution in [0.1, 0.15) is 44.1 Å². The van der Waals surface area contributed by atoms with Gasteiger partial charge in [-0.15, -0.1) is 0 Å². The summed E-state index contributed by atoms with van der Waals surface area (Å²) in [6.07, 6.45) is 7.55. The number of benzene rings is 1. The largest absolute Gasteiger partial charge is 0.497 e. The van der Waals surface area contributed by atoms with Crippen molar-refractivity contribution in [1.82, 2.24) is 0 Å². The SMILES string of the molecule is COc1cc(OC2CCCCCC2)cc(C(=N)N)c1. The number of amidine groups is 1. The molecule has 1 aliphatic rings. The van der Waals surface area contributed by atoms with Crippen LogP contribution in [0.3, 0.4) is 0 Å². The summed E-state index contributed by atoms with van der Waals surface area (Å²) in [4.78, 5) is 0. The highest BCUT2D eigenvalue weighted by atomic mass is 16.5. The predicted octanol–water partition coefficient (Wildman–Crippen LogP) is 3.08. The summed E-state index contributed by atoms with van der Waals surface area (Å²) in [5.74, 6) is 1.46.